The molecule has 0 rings (SSSR count). The van der Waals surface area contributed by atoms with Crippen molar-refractivity contribution in [1.29, 1.82) is 0 Å². The van der Waals surface area contributed by atoms with E-state index < -0.39 is 12.9 Å². The van der Waals surface area contributed by atoms with E-state index >= 15 is 0 Å². The Morgan fingerprint density at radius 3 is 2.25 bits per heavy atom. The minimum Gasteiger partial charge on any atom is -0.323 e. The predicted octanol–water partition coefficient (Wildman–Crippen LogP) is 2.71. The van der Waals surface area contributed by atoms with Gasteiger partial charge < -0.3 is 15.1 Å². The molecule has 0 radical (unpaired) electrons. The lowest BCUT2D eigenvalue weighted by Gasteiger charge is -2.29. The molecule has 0 fully saturated rings. The average Bonchev–Trinajstić information content (AvgIpc) is 2.16. The van der Waals surface area contributed by atoms with Crippen LogP contribution >= 0.6 is 7.60 Å². The monoisotopic (exact) mass is 251 g/mol. The van der Waals surface area contributed by atoms with Crippen LogP contribution in [0.5, 0.6) is 0 Å². The van der Waals surface area contributed by atoms with Crippen molar-refractivity contribution in [3.63, 3.8) is 0 Å². The van der Waals surface area contributed by atoms with Crippen LogP contribution in [0.15, 0.2) is 0 Å². The highest BCUT2D eigenvalue weighted by Crippen LogP contribution is 2.48. The summed E-state index contributed by atoms with van der Waals surface area (Å²) in [5, 5.41) is 1.88. The zero-order valence-electron chi connectivity index (χ0n) is 10.9. The van der Waals surface area contributed by atoms with Gasteiger partial charge in [0.05, 0.1) is 0 Å². The fourth-order valence-corrected chi connectivity index (χ4v) is 1.74. The molecular formula is C11H26NO3P. The Kier molecular flexibility index (Phi) is 6.80. The lowest BCUT2D eigenvalue weighted by atomic mass is 9.99. The summed E-state index contributed by atoms with van der Waals surface area (Å²) in [7, 11) is -4.07. The second-order valence-electron chi connectivity index (χ2n) is 4.90. The molecule has 0 spiro atoms. The highest BCUT2D eigenvalue weighted by atomic mass is 31.2. The van der Waals surface area contributed by atoms with E-state index in [4.69, 9.17) is 9.79 Å². The van der Waals surface area contributed by atoms with Gasteiger partial charge in [0.2, 0.25) is 0 Å². The maximum Gasteiger partial charge on any atom is 0.344 e. The third-order valence-electron chi connectivity index (χ3n) is 3.09. The third kappa shape index (κ3) is 5.44. The quantitative estimate of drug-likeness (QED) is 0.580. The Balaban J connectivity index is 4.15. The van der Waals surface area contributed by atoms with Crippen LogP contribution in [0.3, 0.4) is 0 Å². The first-order chi connectivity index (χ1) is 7.24. The van der Waals surface area contributed by atoms with Crippen LogP contribution < -0.4 is 5.32 Å². The minimum absolute atomic E-state index is 0.505. The Labute approximate surface area is 99.0 Å². The first-order valence-corrected chi connectivity index (χ1v) is 7.66. The molecule has 1 unspecified atom stereocenters. The van der Waals surface area contributed by atoms with Gasteiger partial charge >= 0.3 is 7.60 Å². The molecule has 0 aliphatic rings. The molecule has 0 saturated heterocycles. The smallest absolute Gasteiger partial charge is 0.323 e. The van der Waals surface area contributed by atoms with E-state index in [-0.39, 0.29) is 0 Å². The number of rotatable bonds is 8. The molecule has 3 N–H and O–H groups in total. The van der Waals surface area contributed by atoms with E-state index in [1.807, 2.05) is 0 Å². The second-order valence-corrected chi connectivity index (χ2v) is 7.11. The zero-order valence-corrected chi connectivity index (χ0v) is 11.8. The fourth-order valence-electron chi connectivity index (χ4n) is 1.44. The van der Waals surface area contributed by atoms with E-state index in [1.165, 1.54) is 12.8 Å². The van der Waals surface area contributed by atoms with Gasteiger partial charge in [-0.25, -0.2) is 0 Å². The highest BCUT2D eigenvalue weighted by molar-refractivity contribution is 7.53. The lowest BCUT2D eigenvalue weighted by Crippen LogP contribution is -2.41. The molecule has 0 heterocycles. The van der Waals surface area contributed by atoms with Gasteiger partial charge in [0.25, 0.3) is 0 Å². The highest BCUT2D eigenvalue weighted by Gasteiger charge is 2.37. The van der Waals surface area contributed by atoms with Gasteiger partial charge in [-0.15, -0.1) is 0 Å². The molecule has 0 aromatic carbocycles. The predicted molar refractivity (Wildman–Crippen MR) is 67.4 cm³/mol. The lowest BCUT2D eigenvalue weighted by molar-refractivity contribution is 0.300. The third-order valence-corrected chi connectivity index (χ3v) is 4.71. The van der Waals surface area contributed by atoms with Gasteiger partial charge in [-0.2, -0.15) is 0 Å². The number of unbranched alkanes of at least 4 members (excludes halogenated alkanes) is 1. The normalized spacial score (nSPS) is 15.1. The van der Waals surface area contributed by atoms with Crippen LogP contribution in [0.2, 0.25) is 0 Å². The van der Waals surface area contributed by atoms with Crippen molar-refractivity contribution in [3.05, 3.63) is 0 Å². The molecule has 4 nitrogen and oxygen atoms in total. The summed E-state index contributed by atoms with van der Waals surface area (Å²) in [6.45, 7) is 8.06. The maximum absolute atomic E-state index is 11.2. The summed E-state index contributed by atoms with van der Waals surface area (Å²) in [5.41, 5.74) is 0. The molecule has 0 bridgehead atoms. The largest absolute Gasteiger partial charge is 0.344 e. The first-order valence-electron chi connectivity index (χ1n) is 6.05. The van der Waals surface area contributed by atoms with Crippen LogP contribution in [0.4, 0.5) is 0 Å². The molecule has 98 valence electrons. The Hall–Kier alpha value is 0.110. The number of nitrogens with one attached hydrogen (secondary N) is 1. The van der Waals surface area contributed by atoms with Crippen molar-refractivity contribution >= 4 is 7.60 Å². The Morgan fingerprint density at radius 1 is 1.31 bits per heavy atom. The van der Waals surface area contributed by atoms with E-state index in [0.717, 1.165) is 12.8 Å². The van der Waals surface area contributed by atoms with Crippen LogP contribution in [-0.4, -0.2) is 21.6 Å². The van der Waals surface area contributed by atoms with Crippen LogP contribution in [0.1, 0.15) is 53.4 Å². The van der Waals surface area contributed by atoms with Gasteiger partial charge in [0.15, 0.2) is 0 Å². The second kappa shape index (κ2) is 6.75. The van der Waals surface area contributed by atoms with Gasteiger partial charge in [0, 0.05) is 0 Å². The summed E-state index contributed by atoms with van der Waals surface area (Å²) in [4.78, 5) is 18.3. The molecule has 1 atom stereocenters. The number of hydrogen-bond acceptors (Lipinski definition) is 2. The average molecular weight is 251 g/mol. The summed E-state index contributed by atoms with van der Waals surface area (Å²) in [6.07, 6.45) is 4.51. The fraction of sp³-hybridized carbons (Fsp3) is 1.00. The molecule has 0 aliphatic heterocycles. The molecule has 16 heavy (non-hydrogen) atoms. The zero-order chi connectivity index (χ0) is 12.8. The molecule has 5 heteroatoms. The van der Waals surface area contributed by atoms with Crippen molar-refractivity contribution in [1.82, 2.24) is 5.32 Å². The Morgan fingerprint density at radius 2 is 1.88 bits per heavy atom. The van der Waals surface area contributed by atoms with Crippen molar-refractivity contribution in [2.24, 2.45) is 5.92 Å². The molecule has 0 aliphatic carbocycles. The van der Waals surface area contributed by atoms with Crippen molar-refractivity contribution in [2.75, 3.05) is 6.54 Å². The van der Waals surface area contributed by atoms with E-state index in [2.05, 4.69) is 19.2 Å². The first kappa shape index (κ1) is 16.1. The molecule has 0 saturated carbocycles. The summed E-state index contributed by atoms with van der Waals surface area (Å²) >= 11 is 0. The van der Waals surface area contributed by atoms with Gasteiger partial charge in [-0.1, -0.05) is 33.1 Å². The van der Waals surface area contributed by atoms with E-state index in [1.54, 1.807) is 13.8 Å². The summed E-state index contributed by atoms with van der Waals surface area (Å²) < 4.78 is 11.2. The maximum atomic E-state index is 11.2. The van der Waals surface area contributed by atoms with Crippen LogP contribution in [0, 0.1) is 5.92 Å². The van der Waals surface area contributed by atoms with Gasteiger partial charge in [-0.05, 0) is 32.7 Å². The van der Waals surface area contributed by atoms with Crippen molar-refractivity contribution < 1.29 is 14.4 Å². The molecule has 0 aromatic heterocycles. The standard InChI is InChI=1S/C11H26NO3P/c1-5-7-8-10(6-2)9-12-11(3,4)16(13,14)15/h10,12H,5-9H2,1-4H3,(H2,13,14,15). The van der Waals surface area contributed by atoms with Gasteiger partial charge in [-0.3, -0.25) is 4.57 Å². The van der Waals surface area contributed by atoms with Crippen LogP contribution in [0.25, 0.3) is 0 Å². The molecule has 0 amide bonds. The van der Waals surface area contributed by atoms with Gasteiger partial charge in [0.1, 0.15) is 5.28 Å². The van der Waals surface area contributed by atoms with Crippen molar-refractivity contribution in [2.45, 2.75) is 58.7 Å². The Bertz CT molecular complexity index is 237. The molecule has 0 aromatic rings. The minimum atomic E-state index is -4.07. The van der Waals surface area contributed by atoms with Crippen LogP contribution in [-0.2, 0) is 4.57 Å². The summed E-state index contributed by atoms with van der Waals surface area (Å²) in [5.74, 6) is 0.505. The SMILES string of the molecule is CCCCC(CC)CNC(C)(C)P(=O)(O)O. The summed E-state index contributed by atoms with van der Waals surface area (Å²) in [6, 6.07) is 0. The van der Waals surface area contributed by atoms with Crippen molar-refractivity contribution in [3.8, 4) is 0 Å². The van der Waals surface area contributed by atoms with E-state index in [9.17, 15) is 4.57 Å². The molecular weight excluding hydrogens is 225 g/mol. The van der Waals surface area contributed by atoms with E-state index in [0.29, 0.717) is 12.5 Å². The topological polar surface area (TPSA) is 69.6 Å². The number of hydrogen-bond donors (Lipinski definition) is 3.